The summed E-state index contributed by atoms with van der Waals surface area (Å²) in [5.41, 5.74) is 0. The van der Waals surface area contributed by atoms with Crippen molar-refractivity contribution in [1.82, 2.24) is 10.2 Å². The van der Waals surface area contributed by atoms with E-state index < -0.39 is 0 Å². The van der Waals surface area contributed by atoms with Gasteiger partial charge in [-0.3, -0.25) is 4.79 Å². The number of ether oxygens (including phenoxy) is 1. The van der Waals surface area contributed by atoms with Crippen molar-refractivity contribution >= 4 is 5.91 Å². The number of hydrogen-bond acceptors (Lipinski definition) is 3. The van der Waals surface area contributed by atoms with Gasteiger partial charge in [0.15, 0.2) is 0 Å². The van der Waals surface area contributed by atoms with E-state index in [0.29, 0.717) is 24.5 Å². The predicted molar refractivity (Wildman–Crippen MR) is 85.3 cm³/mol. The Kier molecular flexibility index (Phi) is 7.51. The van der Waals surface area contributed by atoms with Crippen LogP contribution in [0, 0.1) is 0 Å². The smallest absolute Gasteiger partial charge is 0.222 e. The average molecular weight is 296 g/mol. The minimum absolute atomic E-state index is 0.318. The van der Waals surface area contributed by atoms with E-state index in [0.717, 1.165) is 45.5 Å². The number of nitrogens with zero attached hydrogens (tertiary/aromatic N) is 1. The van der Waals surface area contributed by atoms with Crippen LogP contribution in [-0.2, 0) is 9.53 Å². The number of hydrogen-bond donors (Lipinski definition) is 1. The molecular formula is C17H32N2O2. The van der Waals surface area contributed by atoms with Gasteiger partial charge in [0.05, 0.1) is 6.10 Å². The van der Waals surface area contributed by atoms with Crippen LogP contribution in [0.25, 0.3) is 0 Å². The van der Waals surface area contributed by atoms with Crippen molar-refractivity contribution in [2.75, 3.05) is 26.2 Å². The van der Waals surface area contributed by atoms with Crippen molar-refractivity contribution in [2.45, 2.75) is 76.9 Å². The van der Waals surface area contributed by atoms with Crippen molar-refractivity contribution in [3.8, 4) is 0 Å². The third-order valence-corrected chi connectivity index (χ3v) is 4.65. The molecule has 0 aliphatic carbocycles. The van der Waals surface area contributed by atoms with Gasteiger partial charge in [0, 0.05) is 32.2 Å². The quantitative estimate of drug-likeness (QED) is 0.785. The Morgan fingerprint density at radius 3 is 2.76 bits per heavy atom. The van der Waals surface area contributed by atoms with E-state index in [9.17, 15) is 4.79 Å². The van der Waals surface area contributed by atoms with Gasteiger partial charge in [0.25, 0.3) is 0 Å². The zero-order valence-electron chi connectivity index (χ0n) is 13.6. The largest absolute Gasteiger partial charge is 0.378 e. The molecule has 1 N–H and O–H groups in total. The molecule has 0 bridgehead atoms. The van der Waals surface area contributed by atoms with Crippen molar-refractivity contribution in [3.05, 3.63) is 0 Å². The van der Waals surface area contributed by atoms with E-state index in [1.807, 2.05) is 0 Å². The fourth-order valence-electron chi connectivity index (χ4n) is 3.41. The summed E-state index contributed by atoms with van der Waals surface area (Å²) in [6.07, 6.45) is 10.2. The molecule has 2 heterocycles. The lowest BCUT2D eigenvalue weighted by Gasteiger charge is -2.31. The highest BCUT2D eigenvalue weighted by molar-refractivity contribution is 5.76. The molecule has 2 aliphatic heterocycles. The van der Waals surface area contributed by atoms with Crippen LogP contribution in [0.2, 0.25) is 0 Å². The minimum Gasteiger partial charge on any atom is -0.378 e. The number of piperidine rings is 1. The van der Waals surface area contributed by atoms with Crippen molar-refractivity contribution < 1.29 is 9.53 Å². The zero-order valence-corrected chi connectivity index (χ0v) is 13.6. The molecule has 2 saturated heterocycles. The molecular weight excluding hydrogens is 264 g/mol. The summed E-state index contributed by atoms with van der Waals surface area (Å²) in [5.74, 6) is 0.318. The molecule has 2 unspecified atom stereocenters. The van der Waals surface area contributed by atoms with Gasteiger partial charge in [0.2, 0.25) is 5.91 Å². The second kappa shape index (κ2) is 9.42. The number of rotatable bonds is 7. The topological polar surface area (TPSA) is 41.6 Å². The van der Waals surface area contributed by atoms with E-state index in [2.05, 4.69) is 17.1 Å². The molecule has 4 nitrogen and oxygen atoms in total. The third kappa shape index (κ3) is 5.95. The fraction of sp³-hybridized carbons (Fsp3) is 0.941. The molecule has 2 aliphatic rings. The van der Waals surface area contributed by atoms with Gasteiger partial charge >= 0.3 is 0 Å². The number of nitrogens with one attached hydrogen (secondary N) is 1. The SMILES string of the molecule is CCCN(CC1CCCCN1)C(=O)CCC1CCCCO1. The summed E-state index contributed by atoms with van der Waals surface area (Å²) < 4.78 is 5.73. The van der Waals surface area contributed by atoms with Crippen LogP contribution in [0.5, 0.6) is 0 Å². The Balaban J connectivity index is 1.74. The summed E-state index contributed by atoms with van der Waals surface area (Å²) in [5, 5.41) is 3.55. The first kappa shape index (κ1) is 16.8. The minimum atomic E-state index is 0.318. The molecule has 0 aromatic carbocycles. The molecule has 2 atom stereocenters. The zero-order chi connectivity index (χ0) is 14.9. The van der Waals surface area contributed by atoms with Gasteiger partial charge in [-0.1, -0.05) is 13.3 Å². The predicted octanol–water partition coefficient (Wildman–Crippen LogP) is 2.72. The molecule has 21 heavy (non-hydrogen) atoms. The van der Waals surface area contributed by atoms with Gasteiger partial charge in [-0.25, -0.2) is 0 Å². The highest BCUT2D eigenvalue weighted by Gasteiger charge is 2.21. The van der Waals surface area contributed by atoms with E-state index in [4.69, 9.17) is 4.74 Å². The maximum absolute atomic E-state index is 12.5. The van der Waals surface area contributed by atoms with Crippen molar-refractivity contribution in [2.24, 2.45) is 0 Å². The third-order valence-electron chi connectivity index (χ3n) is 4.65. The van der Waals surface area contributed by atoms with Crippen LogP contribution >= 0.6 is 0 Å². The van der Waals surface area contributed by atoms with Crippen LogP contribution < -0.4 is 5.32 Å². The van der Waals surface area contributed by atoms with Crippen molar-refractivity contribution in [1.29, 1.82) is 0 Å². The Labute approximate surface area is 129 Å². The van der Waals surface area contributed by atoms with Gasteiger partial charge < -0.3 is 15.0 Å². The van der Waals surface area contributed by atoms with Gasteiger partial charge in [0.1, 0.15) is 0 Å². The summed E-state index contributed by atoms with van der Waals surface area (Å²) in [6, 6.07) is 0.500. The van der Waals surface area contributed by atoms with Gasteiger partial charge in [-0.2, -0.15) is 0 Å². The van der Waals surface area contributed by atoms with Crippen LogP contribution in [0.15, 0.2) is 0 Å². The monoisotopic (exact) mass is 296 g/mol. The van der Waals surface area contributed by atoms with Gasteiger partial charge in [-0.05, 0) is 51.5 Å². The molecule has 1 amide bonds. The standard InChI is InChI=1S/C17H32N2O2/c1-2-12-19(14-15-7-3-5-11-18-15)17(20)10-9-16-8-4-6-13-21-16/h15-16,18H,2-14H2,1H3. The average Bonchev–Trinajstić information content (AvgIpc) is 2.54. The van der Waals surface area contributed by atoms with Crippen LogP contribution in [0.4, 0.5) is 0 Å². The highest BCUT2D eigenvalue weighted by Crippen LogP contribution is 2.18. The second-order valence-electron chi connectivity index (χ2n) is 6.51. The summed E-state index contributed by atoms with van der Waals surface area (Å²) in [6.45, 7) is 5.91. The summed E-state index contributed by atoms with van der Waals surface area (Å²) >= 11 is 0. The fourth-order valence-corrected chi connectivity index (χ4v) is 3.41. The Hall–Kier alpha value is -0.610. The summed E-state index contributed by atoms with van der Waals surface area (Å²) in [4.78, 5) is 14.6. The molecule has 0 aromatic heterocycles. The first-order chi connectivity index (χ1) is 10.3. The van der Waals surface area contributed by atoms with Crippen LogP contribution in [0.1, 0.15) is 64.7 Å². The van der Waals surface area contributed by atoms with E-state index in [1.54, 1.807) is 0 Å². The number of amides is 1. The number of carbonyl (C=O) groups excluding carboxylic acids is 1. The molecule has 4 heteroatoms. The first-order valence-corrected chi connectivity index (χ1v) is 8.92. The van der Waals surface area contributed by atoms with E-state index in [1.165, 1.54) is 32.1 Å². The molecule has 0 spiro atoms. The first-order valence-electron chi connectivity index (χ1n) is 8.92. The lowest BCUT2D eigenvalue weighted by molar-refractivity contribution is -0.132. The molecule has 0 radical (unpaired) electrons. The van der Waals surface area contributed by atoms with E-state index in [-0.39, 0.29) is 0 Å². The maximum atomic E-state index is 12.5. The lowest BCUT2D eigenvalue weighted by atomic mass is 10.0. The molecule has 0 saturated carbocycles. The Bertz CT molecular complexity index is 297. The second-order valence-corrected chi connectivity index (χ2v) is 6.51. The maximum Gasteiger partial charge on any atom is 0.222 e. The van der Waals surface area contributed by atoms with Crippen molar-refractivity contribution in [3.63, 3.8) is 0 Å². The Morgan fingerprint density at radius 1 is 1.24 bits per heavy atom. The van der Waals surface area contributed by atoms with Gasteiger partial charge in [-0.15, -0.1) is 0 Å². The van der Waals surface area contributed by atoms with Crippen LogP contribution in [0.3, 0.4) is 0 Å². The molecule has 2 rings (SSSR count). The Morgan fingerprint density at radius 2 is 2.10 bits per heavy atom. The normalized spacial score (nSPS) is 26.5. The molecule has 2 fully saturated rings. The molecule has 122 valence electrons. The molecule has 0 aromatic rings. The number of carbonyl (C=O) groups is 1. The summed E-state index contributed by atoms with van der Waals surface area (Å²) in [7, 11) is 0. The highest BCUT2D eigenvalue weighted by atomic mass is 16.5. The van der Waals surface area contributed by atoms with E-state index >= 15 is 0 Å². The van der Waals surface area contributed by atoms with Crippen LogP contribution in [-0.4, -0.2) is 49.2 Å². The lowest BCUT2D eigenvalue weighted by Crippen LogP contribution is -2.46.